The number of nitrogens with zero attached hydrogens (tertiary/aromatic N) is 3. The summed E-state index contributed by atoms with van der Waals surface area (Å²) in [5.74, 6) is 1.28. The van der Waals surface area contributed by atoms with Gasteiger partial charge in [-0.2, -0.15) is 0 Å². The van der Waals surface area contributed by atoms with Gasteiger partial charge in [-0.1, -0.05) is 17.7 Å². The molecule has 1 aromatic heterocycles. The number of hydrogen-bond acceptors (Lipinski definition) is 4. The van der Waals surface area contributed by atoms with E-state index in [9.17, 15) is 4.79 Å². The molecular weight excluding hydrogens is 318 g/mol. The number of rotatable bonds is 6. The summed E-state index contributed by atoms with van der Waals surface area (Å²) in [6.07, 6.45) is 2.04. The smallest absolute Gasteiger partial charge is 0.226 e. The SMILES string of the molecule is CN=C(NCCC(=O)N(C)C)NCc1coc(-c2ccc(C)cc2)n1. The Morgan fingerprint density at radius 1 is 1.24 bits per heavy atom. The van der Waals surface area contributed by atoms with Crippen LogP contribution in [-0.4, -0.2) is 49.4 Å². The Bertz CT molecular complexity index is 719. The monoisotopic (exact) mass is 343 g/mol. The molecule has 2 aromatic rings. The first-order valence-electron chi connectivity index (χ1n) is 8.15. The summed E-state index contributed by atoms with van der Waals surface area (Å²) in [6.45, 7) is 3.04. The largest absolute Gasteiger partial charge is 0.444 e. The van der Waals surface area contributed by atoms with E-state index in [0.717, 1.165) is 11.3 Å². The van der Waals surface area contributed by atoms with Gasteiger partial charge in [-0.3, -0.25) is 9.79 Å². The summed E-state index contributed by atoms with van der Waals surface area (Å²) in [4.78, 5) is 21.7. The van der Waals surface area contributed by atoms with Crippen molar-refractivity contribution < 1.29 is 9.21 Å². The molecule has 0 aliphatic heterocycles. The molecule has 0 aliphatic rings. The van der Waals surface area contributed by atoms with Crippen molar-refractivity contribution in [1.29, 1.82) is 0 Å². The molecule has 7 heteroatoms. The average molecular weight is 343 g/mol. The average Bonchev–Trinajstić information content (AvgIpc) is 3.07. The number of aromatic nitrogens is 1. The molecule has 1 heterocycles. The van der Waals surface area contributed by atoms with E-state index in [-0.39, 0.29) is 5.91 Å². The summed E-state index contributed by atoms with van der Waals surface area (Å²) < 4.78 is 5.53. The van der Waals surface area contributed by atoms with Gasteiger partial charge >= 0.3 is 0 Å². The van der Waals surface area contributed by atoms with Gasteiger partial charge in [-0.05, 0) is 19.1 Å². The van der Waals surface area contributed by atoms with E-state index < -0.39 is 0 Å². The predicted octanol–water partition coefficient (Wildman–Crippen LogP) is 1.79. The molecule has 7 nitrogen and oxygen atoms in total. The number of guanidine groups is 1. The molecule has 0 spiro atoms. The molecule has 0 atom stereocenters. The molecule has 0 fully saturated rings. The van der Waals surface area contributed by atoms with Gasteiger partial charge in [-0.25, -0.2) is 4.98 Å². The normalized spacial score (nSPS) is 11.3. The minimum absolute atomic E-state index is 0.0715. The number of nitrogens with one attached hydrogen (secondary N) is 2. The second-order valence-corrected chi connectivity index (χ2v) is 5.90. The third-order valence-electron chi connectivity index (χ3n) is 3.64. The lowest BCUT2D eigenvalue weighted by Gasteiger charge is -2.13. The third-order valence-corrected chi connectivity index (χ3v) is 3.64. The van der Waals surface area contributed by atoms with Crippen LogP contribution in [0, 0.1) is 6.92 Å². The highest BCUT2D eigenvalue weighted by atomic mass is 16.3. The van der Waals surface area contributed by atoms with Crippen LogP contribution in [0.3, 0.4) is 0 Å². The number of carbonyl (C=O) groups excluding carboxylic acids is 1. The molecule has 1 amide bonds. The second kappa shape index (κ2) is 8.86. The zero-order valence-corrected chi connectivity index (χ0v) is 15.2. The second-order valence-electron chi connectivity index (χ2n) is 5.90. The van der Waals surface area contributed by atoms with Crippen molar-refractivity contribution in [3.63, 3.8) is 0 Å². The van der Waals surface area contributed by atoms with E-state index in [1.165, 1.54) is 5.56 Å². The van der Waals surface area contributed by atoms with Gasteiger partial charge in [0.1, 0.15) is 6.26 Å². The zero-order valence-electron chi connectivity index (χ0n) is 15.2. The highest BCUT2D eigenvalue weighted by molar-refractivity contribution is 5.81. The van der Waals surface area contributed by atoms with E-state index in [1.807, 2.05) is 31.2 Å². The Morgan fingerprint density at radius 2 is 1.96 bits per heavy atom. The number of oxazole rings is 1. The molecule has 134 valence electrons. The van der Waals surface area contributed by atoms with Crippen LogP contribution in [0.1, 0.15) is 17.7 Å². The Labute approximate surface area is 148 Å². The molecule has 0 bridgehead atoms. The number of benzene rings is 1. The third kappa shape index (κ3) is 5.63. The lowest BCUT2D eigenvalue weighted by Crippen LogP contribution is -2.38. The van der Waals surface area contributed by atoms with Crippen LogP contribution in [0.15, 0.2) is 39.9 Å². The number of amides is 1. The highest BCUT2D eigenvalue weighted by Gasteiger charge is 2.08. The first-order valence-corrected chi connectivity index (χ1v) is 8.15. The van der Waals surface area contributed by atoms with Gasteiger partial charge in [0, 0.05) is 39.7 Å². The van der Waals surface area contributed by atoms with E-state index in [4.69, 9.17) is 4.42 Å². The van der Waals surface area contributed by atoms with Crippen LogP contribution in [-0.2, 0) is 11.3 Å². The topological polar surface area (TPSA) is 82.8 Å². The predicted molar refractivity (Wildman–Crippen MR) is 98.2 cm³/mol. The van der Waals surface area contributed by atoms with Crippen molar-refractivity contribution in [3.05, 3.63) is 41.8 Å². The molecule has 0 radical (unpaired) electrons. The van der Waals surface area contributed by atoms with Crippen LogP contribution in [0.4, 0.5) is 0 Å². The van der Waals surface area contributed by atoms with Crippen LogP contribution in [0.25, 0.3) is 11.5 Å². The van der Waals surface area contributed by atoms with Crippen LogP contribution in [0.2, 0.25) is 0 Å². The maximum Gasteiger partial charge on any atom is 0.226 e. The number of aryl methyl sites for hydroxylation is 1. The molecule has 2 rings (SSSR count). The molecule has 0 saturated carbocycles. The standard InChI is InChI=1S/C18H25N5O2/c1-13-5-7-14(8-6-13)17-22-15(12-25-17)11-21-18(19-2)20-10-9-16(24)23(3)4/h5-8,12H,9-11H2,1-4H3,(H2,19,20,21). The van der Waals surface area contributed by atoms with Crippen molar-refractivity contribution in [2.24, 2.45) is 4.99 Å². The fourth-order valence-electron chi connectivity index (χ4n) is 2.12. The fourth-order valence-corrected chi connectivity index (χ4v) is 2.12. The zero-order chi connectivity index (χ0) is 18.2. The van der Waals surface area contributed by atoms with Crippen molar-refractivity contribution >= 4 is 11.9 Å². The summed E-state index contributed by atoms with van der Waals surface area (Å²) >= 11 is 0. The summed E-state index contributed by atoms with van der Waals surface area (Å²) in [7, 11) is 5.17. The summed E-state index contributed by atoms with van der Waals surface area (Å²) in [6, 6.07) is 8.03. The minimum Gasteiger partial charge on any atom is -0.444 e. The molecule has 0 aliphatic carbocycles. The highest BCUT2D eigenvalue weighted by Crippen LogP contribution is 2.18. The maximum atomic E-state index is 11.6. The number of hydrogen-bond donors (Lipinski definition) is 2. The minimum atomic E-state index is 0.0715. The van der Waals surface area contributed by atoms with Gasteiger partial charge in [0.05, 0.1) is 12.2 Å². The molecular formula is C18H25N5O2. The van der Waals surface area contributed by atoms with E-state index in [0.29, 0.717) is 31.4 Å². The first kappa shape index (κ1) is 18.5. The Balaban J connectivity index is 1.83. The van der Waals surface area contributed by atoms with Crippen molar-refractivity contribution in [1.82, 2.24) is 20.5 Å². The molecule has 1 aromatic carbocycles. The van der Waals surface area contributed by atoms with Gasteiger partial charge in [0.25, 0.3) is 0 Å². The Morgan fingerprint density at radius 3 is 2.60 bits per heavy atom. The van der Waals surface area contributed by atoms with Gasteiger partial charge < -0.3 is 20.0 Å². The summed E-state index contributed by atoms with van der Waals surface area (Å²) in [5, 5.41) is 6.26. The lowest BCUT2D eigenvalue weighted by atomic mass is 10.1. The molecule has 0 saturated heterocycles. The number of carbonyl (C=O) groups is 1. The lowest BCUT2D eigenvalue weighted by molar-refractivity contribution is -0.128. The van der Waals surface area contributed by atoms with Crippen LogP contribution < -0.4 is 10.6 Å². The molecule has 0 unspecified atom stereocenters. The van der Waals surface area contributed by atoms with Crippen LogP contribution in [0.5, 0.6) is 0 Å². The van der Waals surface area contributed by atoms with E-state index >= 15 is 0 Å². The Hall–Kier alpha value is -2.83. The fraction of sp³-hybridized carbons (Fsp3) is 0.389. The molecule has 25 heavy (non-hydrogen) atoms. The van der Waals surface area contributed by atoms with Crippen molar-refractivity contribution in [3.8, 4) is 11.5 Å². The number of aliphatic imine (C=N–C) groups is 1. The van der Waals surface area contributed by atoms with E-state index in [2.05, 4.69) is 20.6 Å². The van der Waals surface area contributed by atoms with Gasteiger partial charge in [0.15, 0.2) is 5.96 Å². The quantitative estimate of drug-likeness (QED) is 0.617. The summed E-state index contributed by atoms with van der Waals surface area (Å²) in [5.41, 5.74) is 2.92. The molecule has 2 N–H and O–H groups in total. The van der Waals surface area contributed by atoms with Crippen molar-refractivity contribution in [2.75, 3.05) is 27.7 Å². The van der Waals surface area contributed by atoms with E-state index in [1.54, 1.807) is 32.3 Å². The van der Waals surface area contributed by atoms with Crippen molar-refractivity contribution in [2.45, 2.75) is 19.9 Å². The van der Waals surface area contributed by atoms with Crippen LogP contribution >= 0.6 is 0 Å². The van der Waals surface area contributed by atoms with Gasteiger partial charge in [-0.15, -0.1) is 0 Å². The van der Waals surface area contributed by atoms with Gasteiger partial charge in [0.2, 0.25) is 11.8 Å². The maximum absolute atomic E-state index is 11.6. The first-order chi connectivity index (χ1) is 12.0. The Kier molecular flexibility index (Phi) is 6.56.